The van der Waals surface area contributed by atoms with E-state index in [0.717, 1.165) is 16.8 Å². The molecule has 2 aromatic heterocycles. The highest BCUT2D eigenvalue weighted by Crippen LogP contribution is 2.12. The SMILES string of the molecule is Cc1ccncc1NC(=O)CCc1cccnc1. The maximum Gasteiger partial charge on any atom is 0.224 e. The minimum absolute atomic E-state index is 0.00467. The van der Waals surface area contributed by atoms with Gasteiger partial charge in [0.2, 0.25) is 5.91 Å². The van der Waals surface area contributed by atoms with Gasteiger partial charge in [-0.3, -0.25) is 14.8 Å². The molecule has 0 unspecified atom stereocenters. The van der Waals surface area contributed by atoms with E-state index < -0.39 is 0 Å². The molecule has 4 nitrogen and oxygen atoms in total. The normalized spacial score (nSPS) is 10.1. The van der Waals surface area contributed by atoms with Crippen molar-refractivity contribution in [2.24, 2.45) is 0 Å². The van der Waals surface area contributed by atoms with Crippen molar-refractivity contribution in [2.45, 2.75) is 19.8 Å². The molecule has 0 spiro atoms. The summed E-state index contributed by atoms with van der Waals surface area (Å²) in [5.74, 6) is -0.00467. The molecule has 0 saturated heterocycles. The van der Waals surface area contributed by atoms with Crippen LogP contribution in [-0.4, -0.2) is 15.9 Å². The molecule has 0 atom stereocenters. The zero-order valence-electron chi connectivity index (χ0n) is 10.3. The van der Waals surface area contributed by atoms with Gasteiger partial charge in [-0.2, -0.15) is 0 Å². The van der Waals surface area contributed by atoms with Gasteiger partial charge in [0, 0.05) is 25.0 Å². The quantitative estimate of drug-likeness (QED) is 0.894. The number of carbonyl (C=O) groups excluding carboxylic acids is 1. The Bertz CT molecular complexity index is 526. The first kappa shape index (κ1) is 12.2. The number of aryl methyl sites for hydroxylation is 2. The first-order valence-electron chi connectivity index (χ1n) is 5.85. The Morgan fingerprint density at radius 3 is 2.78 bits per heavy atom. The minimum Gasteiger partial charge on any atom is -0.325 e. The van der Waals surface area contributed by atoms with E-state index in [1.165, 1.54) is 0 Å². The molecule has 0 radical (unpaired) electrons. The van der Waals surface area contributed by atoms with Crippen molar-refractivity contribution in [3.05, 3.63) is 54.1 Å². The Labute approximate surface area is 106 Å². The first-order chi connectivity index (χ1) is 8.75. The summed E-state index contributed by atoms with van der Waals surface area (Å²) in [4.78, 5) is 19.8. The number of nitrogens with zero attached hydrogens (tertiary/aromatic N) is 2. The van der Waals surface area contributed by atoms with Crippen LogP contribution in [0.1, 0.15) is 17.5 Å². The van der Waals surface area contributed by atoms with Crippen LogP contribution < -0.4 is 5.32 Å². The zero-order valence-corrected chi connectivity index (χ0v) is 10.3. The summed E-state index contributed by atoms with van der Waals surface area (Å²) >= 11 is 0. The number of hydrogen-bond donors (Lipinski definition) is 1. The van der Waals surface area contributed by atoms with Gasteiger partial charge >= 0.3 is 0 Å². The van der Waals surface area contributed by atoms with Gasteiger partial charge in [-0.1, -0.05) is 6.07 Å². The fourth-order valence-electron chi connectivity index (χ4n) is 1.61. The third kappa shape index (κ3) is 3.38. The fourth-order valence-corrected chi connectivity index (χ4v) is 1.61. The average molecular weight is 241 g/mol. The van der Waals surface area contributed by atoms with E-state index in [4.69, 9.17) is 0 Å². The third-order valence-electron chi connectivity index (χ3n) is 2.68. The summed E-state index contributed by atoms with van der Waals surface area (Å²) in [6.07, 6.45) is 8.02. The summed E-state index contributed by atoms with van der Waals surface area (Å²) in [6.45, 7) is 1.94. The van der Waals surface area contributed by atoms with Crippen LogP contribution in [0.15, 0.2) is 43.0 Å². The highest BCUT2D eigenvalue weighted by molar-refractivity contribution is 5.91. The van der Waals surface area contributed by atoms with Crippen molar-refractivity contribution < 1.29 is 4.79 Å². The Morgan fingerprint density at radius 2 is 2.06 bits per heavy atom. The van der Waals surface area contributed by atoms with Gasteiger partial charge in [-0.25, -0.2) is 0 Å². The lowest BCUT2D eigenvalue weighted by atomic mass is 10.1. The second-order valence-corrected chi connectivity index (χ2v) is 4.10. The predicted octanol–water partition coefficient (Wildman–Crippen LogP) is 2.36. The highest BCUT2D eigenvalue weighted by Gasteiger charge is 2.05. The molecule has 1 amide bonds. The van der Waals surface area contributed by atoms with Crippen LogP contribution >= 0.6 is 0 Å². The molecule has 1 N–H and O–H groups in total. The largest absolute Gasteiger partial charge is 0.325 e. The van der Waals surface area contributed by atoms with E-state index in [1.54, 1.807) is 24.8 Å². The Kier molecular flexibility index (Phi) is 4.02. The topological polar surface area (TPSA) is 54.9 Å². The van der Waals surface area contributed by atoms with Gasteiger partial charge in [-0.05, 0) is 36.6 Å². The third-order valence-corrected chi connectivity index (χ3v) is 2.68. The molecule has 0 aliphatic carbocycles. The van der Waals surface area contributed by atoms with Crippen molar-refractivity contribution >= 4 is 11.6 Å². The summed E-state index contributed by atoms with van der Waals surface area (Å²) in [6, 6.07) is 5.71. The lowest BCUT2D eigenvalue weighted by Gasteiger charge is -2.07. The van der Waals surface area contributed by atoms with Gasteiger partial charge in [0.1, 0.15) is 0 Å². The van der Waals surface area contributed by atoms with Gasteiger partial charge in [0.05, 0.1) is 11.9 Å². The Balaban J connectivity index is 1.88. The number of aromatic nitrogens is 2. The van der Waals surface area contributed by atoms with Crippen LogP contribution in [0, 0.1) is 6.92 Å². The first-order valence-corrected chi connectivity index (χ1v) is 5.85. The second kappa shape index (κ2) is 5.91. The van der Waals surface area contributed by atoms with Crippen molar-refractivity contribution in [3.63, 3.8) is 0 Å². The second-order valence-electron chi connectivity index (χ2n) is 4.10. The van der Waals surface area contributed by atoms with Gasteiger partial charge < -0.3 is 5.32 Å². The number of anilines is 1. The Hall–Kier alpha value is -2.23. The minimum atomic E-state index is -0.00467. The van der Waals surface area contributed by atoms with Crippen molar-refractivity contribution in [1.82, 2.24) is 9.97 Å². The molecule has 2 heterocycles. The number of rotatable bonds is 4. The van der Waals surface area contributed by atoms with E-state index in [1.807, 2.05) is 25.1 Å². The summed E-state index contributed by atoms with van der Waals surface area (Å²) < 4.78 is 0. The maximum atomic E-state index is 11.8. The zero-order chi connectivity index (χ0) is 12.8. The van der Waals surface area contributed by atoms with Crippen molar-refractivity contribution in [2.75, 3.05) is 5.32 Å². The maximum absolute atomic E-state index is 11.8. The molecular weight excluding hydrogens is 226 g/mol. The molecule has 4 heteroatoms. The molecule has 0 aromatic carbocycles. The van der Waals surface area contributed by atoms with E-state index in [2.05, 4.69) is 15.3 Å². The molecule has 0 fully saturated rings. The van der Waals surface area contributed by atoms with E-state index >= 15 is 0 Å². The van der Waals surface area contributed by atoms with Gasteiger partial charge in [0.25, 0.3) is 0 Å². The van der Waals surface area contributed by atoms with Crippen LogP contribution in [-0.2, 0) is 11.2 Å². The summed E-state index contributed by atoms with van der Waals surface area (Å²) in [7, 11) is 0. The van der Waals surface area contributed by atoms with Crippen LogP contribution in [0.2, 0.25) is 0 Å². The van der Waals surface area contributed by atoms with Crippen molar-refractivity contribution in [1.29, 1.82) is 0 Å². The lowest BCUT2D eigenvalue weighted by molar-refractivity contribution is -0.116. The van der Waals surface area contributed by atoms with Crippen LogP contribution in [0.3, 0.4) is 0 Å². The molecule has 18 heavy (non-hydrogen) atoms. The number of amides is 1. The molecule has 2 rings (SSSR count). The van der Waals surface area contributed by atoms with Crippen LogP contribution in [0.25, 0.3) is 0 Å². The van der Waals surface area contributed by atoms with E-state index in [-0.39, 0.29) is 5.91 Å². The standard InChI is InChI=1S/C14H15N3O/c1-11-6-8-16-10-13(11)17-14(18)5-4-12-3-2-7-15-9-12/h2-3,6-10H,4-5H2,1H3,(H,17,18). The molecule has 0 aliphatic heterocycles. The summed E-state index contributed by atoms with van der Waals surface area (Å²) in [5, 5.41) is 2.86. The highest BCUT2D eigenvalue weighted by atomic mass is 16.1. The number of hydrogen-bond acceptors (Lipinski definition) is 3. The predicted molar refractivity (Wildman–Crippen MR) is 70.2 cm³/mol. The molecular formula is C14H15N3O. The van der Waals surface area contributed by atoms with E-state index in [9.17, 15) is 4.79 Å². The van der Waals surface area contributed by atoms with Gasteiger partial charge in [-0.15, -0.1) is 0 Å². The molecule has 92 valence electrons. The smallest absolute Gasteiger partial charge is 0.224 e. The number of pyridine rings is 2. The summed E-state index contributed by atoms with van der Waals surface area (Å²) in [5.41, 5.74) is 2.85. The fraction of sp³-hybridized carbons (Fsp3) is 0.214. The molecule has 0 bridgehead atoms. The monoisotopic (exact) mass is 241 g/mol. The van der Waals surface area contributed by atoms with Crippen molar-refractivity contribution in [3.8, 4) is 0 Å². The average Bonchev–Trinajstić information content (AvgIpc) is 2.40. The molecule has 2 aromatic rings. The van der Waals surface area contributed by atoms with Gasteiger partial charge in [0.15, 0.2) is 0 Å². The number of nitrogens with one attached hydrogen (secondary N) is 1. The van der Waals surface area contributed by atoms with Crippen LogP contribution in [0.4, 0.5) is 5.69 Å². The van der Waals surface area contributed by atoms with Crippen LogP contribution in [0.5, 0.6) is 0 Å². The molecule has 0 saturated carbocycles. The molecule has 0 aliphatic rings. The Morgan fingerprint density at radius 1 is 1.22 bits per heavy atom. The lowest BCUT2D eigenvalue weighted by Crippen LogP contribution is -2.13. The number of carbonyl (C=O) groups is 1. The van der Waals surface area contributed by atoms with E-state index in [0.29, 0.717) is 12.8 Å².